The van der Waals surface area contributed by atoms with Crippen molar-refractivity contribution in [3.05, 3.63) is 133 Å². The lowest BCUT2D eigenvalue weighted by atomic mass is 10.1. The molecule has 0 amide bonds. The van der Waals surface area contributed by atoms with Gasteiger partial charge in [-0.1, -0.05) is 66.7 Å². The van der Waals surface area contributed by atoms with Crippen molar-refractivity contribution in [3.63, 3.8) is 0 Å². The van der Waals surface area contributed by atoms with Crippen molar-refractivity contribution in [2.24, 2.45) is 0 Å². The number of nitrogens with zero attached hydrogens (tertiary/aromatic N) is 2. The maximum Gasteiger partial charge on any atom is 0.227 e. The molecule has 0 atom stereocenters. The van der Waals surface area contributed by atoms with Crippen molar-refractivity contribution in [1.29, 1.82) is 0 Å². The molecule has 0 N–H and O–H groups in total. The molecule has 4 heteroatoms. The van der Waals surface area contributed by atoms with E-state index >= 15 is 0 Å². The molecule has 39 heavy (non-hydrogen) atoms. The maximum absolute atomic E-state index is 6.19. The molecule has 8 rings (SSSR count). The molecule has 0 saturated carbocycles. The summed E-state index contributed by atoms with van der Waals surface area (Å²) in [6, 6.07) is 46.8. The van der Waals surface area contributed by atoms with Crippen molar-refractivity contribution in [1.82, 2.24) is 4.98 Å². The van der Waals surface area contributed by atoms with Crippen molar-refractivity contribution < 1.29 is 4.42 Å². The van der Waals surface area contributed by atoms with E-state index in [2.05, 4.69) is 102 Å². The first-order valence-electron chi connectivity index (χ1n) is 13.0. The Morgan fingerprint density at radius 1 is 0.538 bits per heavy atom. The van der Waals surface area contributed by atoms with Crippen LogP contribution in [0.5, 0.6) is 0 Å². The van der Waals surface area contributed by atoms with Crippen LogP contribution in [0.15, 0.2) is 138 Å². The number of aromatic nitrogens is 1. The molecule has 6 aromatic carbocycles. The number of rotatable bonds is 4. The Kier molecular flexibility index (Phi) is 5.00. The molecule has 0 aliphatic carbocycles. The molecule has 0 radical (unpaired) electrons. The predicted octanol–water partition coefficient (Wildman–Crippen LogP) is 10.5. The fourth-order valence-electron chi connectivity index (χ4n) is 5.42. The average Bonchev–Trinajstić information content (AvgIpc) is 3.60. The zero-order valence-corrected chi connectivity index (χ0v) is 21.7. The Hall–Kier alpha value is -4.93. The van der Waals surface area contributed by atoms with Crippen LogP contribution in [0.25, 0.3) is 53.5 Å². The standard InChI is InChI=1S/C35H22N2OS/c1-3-9-24(10-4-1)35-36-34-29-21-26(17-15-23(29)16-19-31(34)38-35)37(25-11-5-2-6-12-25)27-18-20-33-30(22-27)28-13-7-8-14-32(28)39-33/h1-22H. The summed E-state index contributed by atoms with van der Waals surface area (Å²) < 4.78 is 8.79. The van der Waals surface area contributed by atoms with Gasteiger partial charge >= 0.3 is 0 Å². The SMILES string of the molecule is c1ccc(-c2nc3c(ccc4ccc(N(c5ccccc5)c5ccc6sc7ccccc7c6c5)cc43)o2)cc1. The molecule has 2 heterocycles. The Balaban J connectivity index is 1.34. The summed E-state index contributed by atoms with van der Waals surface area (Å²) in [5, 5.41) is 4.77. The van der Waals surface area contributed by atoms with Gasteiger partial charge in [-0.05, 0) is 72.1 Å². The van der Waals surface area contributed by atoms with Gasteiger partial charge in [0.1, 0.15) is 5.52 Å². The highest BCUT2D eigenvalue weighted by Crippen LogP contribution is 2.41. The highest BCUT2D eigenvalue weighted by atomic mass is 32.1. The molecule has 0 bridgehead atoms. The number of hydrogen-bond acceptors (Lipinski definition) is 4. The molecular formula is C35H22N2OS. The van der Waals surface area contributed by atoms with E-state index < -0.39 is 0 Å². The van der Waals surface area contributed by atoms with Gasteiger partial charge < -0.3 is 9.32 Å². The molecule has 0 unspecified atom stereocenters. The second kappa shape index (κ2) is 8.83. The maximum atomic E-state index is 6.19. The van der Waals surface area contributed by atoms with Gasteiger partial charge in [-0.25, -0.2) is 4.98 Å². The largest absolute Gasteiger partial charge is 0.436 e. The molecule has 3 nitrogen and oxygen atoms in total. The van der Waals surface area contributed by atoms with Crippen LogP contribution < -0.4 is 4.90 Å². The van der Waals surface area contributed by atoms with Crippen LogP contribution in [0.1, 0.15) is 0 Å². The molecule has 0 aliphatic rings. The first-order chi connectivity index (χ1) is 19.3. The average molecular weight is 519 g/mol. The Morgan fingerprint density at radius 3 is 2.05 bits per heavy atom. The molecule has 0 saturated heterocycles. The van der Waals surface area contributed by atoms with Crippen molar-refractivity contribution in [3.8, 4) is 11.5 Å². The topological polar surface area (TPSA) is 29.3 Å². The predicted molar refractivity (Wildman–Crippen MR) is 165 cm³/mol. The van der Waals surface area contributed by atoms with E-state index in [0.29, 0.717) is 5.89 Å². The number of para-hydroxylation sites is 1. The summed E-state index contributed by atoms with van der Waals surface area (Å²) in [7, 11) is 0. The van der Waals surface area contributed by atoms with Gasteiger partial charge in [-0.2, -0.15) is 0 Å². The molecule has 184 valence electrons. The van der Waals surface area contributed by atoms with E-state index in [-0.39, 0.29) is 0 Å². The zero-order chi connectivity index (χ0) is 25.8. The van der Waals surface area contributed by atoms with E-state index in [4.69, 9.17) is 9.40 Å². The summed E-state index contributed by atoms with van der Waals surface area (Å²) in [5.74, 6) is 0.637. The molecule has 8 aromatic rings. The third kappa shape index (κ3) is 3.69. The highest BCUT2D eigenvalue weighted by Gasteiger charge is 2.17. The van der Waals surface area contributed by atoms with Crippen molar-refractivity contribution in [2.45, 2.75) is 0 Å². The van der Waals surface area contributed by atoms with E-state index in [1.54, 1.807) is 0 Å². The summed E-state index contributed by atoms with van der Waals surface area (Å²) in [5.41, 5.74) is 5.93. The van der Waals surface area contributed by atoms with Gasteiger partial charge in [-0.3, -0.25) is 0 Å². The Labute approximate surface area is 229 Å². The van der Waals surface area contributed by atoms with E-state index in [1.807, 2.05) is 47.7 Å². The Morgan fingerprint density at radius 2 is 1.21 bits per heavy atom. The van der Waals surface area contributed by atoms with Gasteiger partial charge in [-0.15, -0.1) is 11.3 Å². The number of fused-ring (bicyclic) bond motifs is 6. The van der Waals surface area contributed by atoms with Gasteiger partial charge in [0.15, 0.2) is 5.58 Å². The first-order valence-corrected chi connectivity index (χ1v) is 13.8. The van der Waals surface area contributed by atoms with Gasteiger partial charge in [0.25, 0.3) is 0 Å². The zero-order valence-electron chi connectivity index (χ0n) is 20.9. The fourth-order valence-corrected chi connectivity index (χ4v) is 6.51. The fraction of sp³-hybridized carbons (Fsp3) is 0. The smallest absolute Gasteiger partial charge is 0.227 e. The third-order valence-electron chi connectivity index (χ3n) is 7.27. The lowest BCUT2D eigenvalue weighted by Crippen LogP contribution is -2.09. The number of benzene rings is 6. The lowest BCUT2D eigenvalue weighted by Gasteiger charge is -2.26. The minimum absolute atomic E-state index is 0.637. The van der Waals surface area contributed by atoms with Crippen LogP contribution in [0.4, 0.5) is 17.1 Å². The van der Waals surface area contributed by atoms with Gasteiger partial charge in [0.2, 0.25) is 5.89 Å². The second-order valence-electron chi connectivity index (χ2n) is 9.65. The Bertz CT molecular complexity index is 2130. The summed E-state index contributed by atoms with van der Waals surface area (Å²) in [6.45, 7) is 0. The number of oxazole rings is 1. The monoisotopic (exact) mass is 518 g/mol. The van der Waals surface area contributed by atoms with E-state index in [0.717, 1.165) is 44.5 Å². The summed E-state index contributed by atoms with van der Waals surface area (Å²) in [4.78, 5) is 7.26. The quantitative estimate of drug-likeness (QED) is 0.232. The van der Waals surface area contributed by atoms with Crippen LogP contribution in [0.2, 0.25) is 0 Å². The van der Waals surface area contributed by atoms with Gasteiger partial charge in [0.05, 0.1) is 0 Å². The number of hydrogen-bond donors (Lipinski definition) is 0. The second-order valence-corrected chi connectivity index (χ2v) is 10.7. The number of thiophene rings is 1. The minimum atomic E-state index is 0.637. The third-order valence-corrected chi connectivity index (χ3v) is 8.42. The van der Waals surface area contributed by atoms with Gasteiger partial charge in [0, 0.05) is 48.2 Å². The van der Waals surface area contributed by atoms with Crippen LogP contribution in [0.3, 0.4) is 0 Å². The summed E-state index contributed by atoms with van der Waals surface area (Å²) in [6.07, 6.45) is 0. The normalized spacial score (nSPS) is 11.6. The van der Waals surface area contributed by atoms with Crippen LogP contribution in [-0.2, 0) is 0 Å². The molecule has 2 aromatic heterocycles. The van der Waals surface area contributed by atoms with Crippen molar-refractivity contribution >= 4 is 70.4 Å². The molecule has 0 fully saturated rings. The number of anilines is 3. The van der Waals surface area contributed by atoms with Crippen LogP contribution >= 0.6 is 11.3 Å². The summed E-state index contributed by atoms with van der Waals surface area (Å²) >= 11 is 1.84. The van der Waals surface area contributed by atoms with E-state index in [1.165, 1.54) is 20.2 Å². The minimum Gasteiger partial charge on any atom is -0.436 e. The first kappa shape index (κ1) is 22.1. The van der Waals surface area contributed by atoms with Crippen LogP contribution in [-0.4, -0.2) is 4.98 Å². The molecule has 0 aliphatic heterocycles. The van der Waals surface area contributed by atoms with Crippen molar-refractivity contribution in [2.75, 3.05) is 4.90 Å². The van der Waals surface area contributed by atoms with E-state index in [9.17, 15) is 0 Å². The molecular weight excluding hydrogens is 496 g/mol. The highest BCUT2D eigenvalue weighted by molar-refractivity contribution is 7.25. The van der Waals surface area contributed by atoms with Crippen LogP contribution in [0, 0.1) is 0 Å². The lowest BCUT2D eigenvalue weighted by molar-refractivity contribution is 0.620. The molecule has 0 spiro atoms.